The lowest BCUT2D eigenvalue weighted by Crippen LogP contribution is -2.47. The van der Waals surface area contributed by atoms with E-state index in [1.54, 1.807) is 11.3 Å². The molecule has 1 aliphatic heterocycles. The van der Waals surface area contributed by atoms with E-state index in [9.17, 15) is 5.11 Å². The van der Waals surface area contributed by atoms with E-state index in [0.717, 1.165) is 55.2 Å². The number of hydrogen-bond acceptors (Lipinski definition) is 6. The standard InChI is InChI=1S/C22H27ClN4OS/c1-4-17-18(16-6-5-14(2)15(3)13-16)19-20(24-22(23)25-21(19)29-17)27-9-7-26(8-10-27)11-12-28/h5-6,13,28H,4,7-12H2,1-3H3. The van der Waals surface area contributed by atoms with Crippen LogP contribution in [0.1, 0.15) is 22.9 Å². The summed E-state index contributed by atoms with van der Waals surface area (Å²) in [5, 5.41) is 10.6. The zero-order valence-electron chi connectivity index (χ0n) is 17.2. The molecule has 1 aromatic carbocycles. The molecule has 0 atom stereocenters. The van der Waals surface area contributed by atoms with Crippen LogP contribution in [0.3, 0.4) is 0 Å². The normalized spacial score (nSPS) is 15.4. The molecule has 0 amide bonds. The van der Waals surface area contributed by atoms with Crippen molar-refractivity contribution in [3.63, 3.8) is 0 Å². The predicted octanol–water partition coefficient (Wildman–Crippen LogP) is 4.31. The van der Waals surface area contributed by atoms with Gasteiger partial charge in [-0.15, -0.1) is 11.3 Å². The molecule has 4 rings (SSSR count). The second-order valence-electron chi connectivity index (χ2n) is 7.60. The molecule has 3 aromatic rings. The molecule has 2 aromatic heterocycles. The molecule has 0 unspecified atom stereocenters. The van der Waals surface area contributed by atoms with Gasteiger partial charge in [0.2, 0.25) is 5.28 Å². The van der Waals surface area contributed by atoms with E-state index in [1.165, 1.54) is 27.1 Å². The Morgan fingerprint density at radius 3 is 2.52 bits per heavy atom. The van der Waals surface area contributed by atoms with E-state index in [1.807, 2.05) is 0 Å². The lowest BCUT2D eigenvalue weighted by molar-refractivity contribution is 0.188. The Bertz CT molecular complexity index is 1030. The largest absolute Gasteiger partial charge is 0.395 e. The lowest BCUT2D eigenvalue weighted by Gasteiger charge is -2.35. The van der Waals surface area contributed by atoms with Gasteiger partial charge >= 0.3 is 0 Å². The van der Waals surface area contributed by atoms with Gasteiger partial charge in [-0.3, -0.25) is 4.90 Å². The fourth-order valence-corrected chi connectivity index (χ4v) is 5.35. The van der Waals surface area contributed by atoms with Crippen LogP contribution in [0.2, 0.25) is 5.28 Å². The van der Waals surface area contributed by atoms with Crippen LogP contribution in [-0.2, 0) is 6.42 Å². The van der Waals surface area contributed by atoms with E-state index >= 15 is 0 Å². The number of β-amino-alcohol motifs (C(OH)–C–C–N with tert-alkyl or cyclic N) is 1. The minimum Gasteiger partial charge on any atom is -0.395 e. The van der Waals surface area contributed by atoms with Crippen LogP contribution in [0.5, 0.6) is 0 Å². The SMILES string of the molecule is CCc1sc2nc(Cl)nc(N3CCN(CCO)CC3)c2c1-c1ccc(C)c(C)c1. The molecular weight excluding hydrogens is 404 g/mol. The summed E-state index contributed by atoms with van der Waals surface area (Å²) in [6, 6.07) is 6.67. The number of nitrogens with zero attached hydrogens (tertiary/aromatic N) is 4. The molecule has 0 aliphatic carbocycles. The molecule has 0 bridgehead atoms. The Morgan fingerprint density at radius 2 is 1.86 bits per heavy atom. The first kappa shape index (κ1) is 20.5. The summed E-state index contributed by atoms with van der Waals surface area (Å²) in [5.41, 5.74) is 5.06. The molecular formula is C22H27ClN4OS. The minimum absolute atomic E-state index is 0.199. The van der Waals surface area contributed by atoms with Gasteiger partial charge in [-0.25, -0.2) is 4.98 Å². The number of fused-ring (bicyclic) bond motifs is 1. The molecule has 1 saturated heterocycles. The zero-order valence-corrected chi connectivity index (χ0v) is 18.8. The van der Waals surface area contributed by atoms with E-state index in [2.05, 4.69) is 58.7 Å². The summed E-state index contributed by atoms with van der Waals surface area (Å²) < 4.78 is 0. The van der Waals surface area contributed by atoms with Crippen molar-refractivity contribution < 1.29 is 5.11 Å². The van der Waals surface area contributed by atoms with Gasteiger partial charge in [0.25, 0.3) is 0 Å². The van der Waals surface area contributed by atoms with Crippen LogP contribution in [0.15, 0.2) is 18.2 Å². The summed E-state index contributed by atoms with van der Waals surface area (Å²) >= 11 is 8.06. The minimum atomic E-state index is 0.199. The van der Waals surface area contributed by atoms with Crippen molar-refractivity contribution in [1.82, 2.24) is 14.9 Å². The molecule has 1 aliphatic rings. The molecule has 0 spiro atoms. The molecule has 5 nitrogen and oxygen atoms in total. The van der Waals surface area contributed by atoms with Crippen LogP contribution in [0, 0.1) is 13.8 Å². The number of piperazine rings is 1. The van der Waals surface area contributed by atoms with Crippen LogP contribution < -0.4 is 4.90 Å². The Hall–Kier alpha value is -1.73. The number of thiophene rings is 1. The van der Waals surface area contributed by atoms with Gasteiger partial charge in [0.05, 0.1) is 12.0 Å². The van der Waals surface area contributed by atoms with Crippen LogP contribution in [-0.4, -0.2) is 59.3 Å². The second-order valence-corrected chi connectivity index (χ2v) is 9.02. The van der Waals surface area contributed by atoms with Crippen LogP contribution >= 0.6 is 22.9 Å². The average Bonchev–Trinajstić information content (AvgIpc) is 3.08. The van der Waals surface area contributed by atoms with Crippen molar-refractivity contribution >= 4 is 39.0 Å². The molecule has 154 valence electrons. The molecule has 29 heavy (non-hydrogen) atoms. The van der Waals surface area contributed by atoms with Gasteiger partial charge in [-0.05, 0) is 48.6 Å². The Kier molecular flexibility index (Phi) is 6.06. The van der Waals surface area contributed by atoms with Crippen molar-refractivity contribution in [3.8, 4) is 11.1 Å². The highest BCUT2D eigenvalue weighted by atomic mass is 35.5. The van der Waals surface area contributed by atoms with Gasteiger partial charge in [0, 0.05) is 43.2 Å². The van der Waals surface area contributed by atoms with Crippen molar-refractivity contribution in [1.29, 1.82) is 0 Å². The maximum atomic E-state index is 9.22. The highest BCUT2D eigenvalue weighted by Crippen LogP contribution is 2.43. The number of aryl methyl sites for hydroxylation is 3. The molecule has 3 heterocycles. The quantitative estimate of drug-likeness (QED) is 0.611. The highest BCUT2D eigenvalue weighted by molar-refractivity contribution is 7.19. The Balaban J connectivity index is 1.84. The maximum absolute atomic E-state index is 9.22. The summed E-state index contributed by atoms with van der Waals surface area (Å²) in [6.07, 6.45) is 0.949. The van der Waals surface area contributed by atoms with Crippen LogP contribution in [0.4, 0.5) is 5.82 Å². The van der Waals surface area contributed by atoms with Gasteiger partial charge < -0.3 is 10.0 Å². The summed E-state index contributed by atoms with van der Waals surface area (Å²) in [6.45, 7) is 11.0. The number of halogens is 1. The number of aliphatic hydroxyl groups is 1. The number of aromatic nitrogens is 2. The third-order valence-corrected chi connectivity index (χ3v) is 7.18. The first-order valence-electron chi connectivity index (χ1n) is 10.2. The third-order valence-electron chi connectivity index (χ3n) is 5.78. The monoisotopic (exact) mass is 430 g/mol. The summed E-state index contributed by atoms with van der Waals surface area (Å²) in [5.74, 6) is 0.938. The smallest absolute Gasteiger partial charge is 0.225 e. The topological polar surface area (TPSA) is 52.5 Å². The predicted molar refractivity (Wildman–Crippen MR) is 122 cm³/mol. The van der Waals surface area contributed by atoms with Gasteiger partial charge in [0.1, 0.15) is 10.6 Å². The average molecular weight is 431 g/mol. The van der Waals surface area contributed by atoms with Crippen molar-refractivity contribution in [3.05, 3.63) is 39.5 Å². The number of benzene rings is 1. The van der Waals surface area contributed by atoms with Crippen molar-refractivity contribution in [2.24, 2.45) is 0 Å². The summed E-state index contributed by atoms with van der Waals surface area (Å²) in [4.78, 5) is 16.1. The van der Waals surface area contributed by atoms with Crippen molar-refractivity contribution in [2.75, 3.05) is 44.2 Å². The fraction of sp³-hybridized carbons (Fsp3) is 0.455. The molecule has 1 fully saturated rings. The molecule has 1 N–H and O–H groups in total. The zero-order chi connectivity index (χ0) is 20.5. The fourth-order valence-electron chi connectivity index (χ4n) is 4.01. The highest BCUT2D eigenvalue weighted by Gasteiger charge is 2.25. The first-order valence-corrected chi connectivity index (χ1v) is 11.4. The van der Waals surface area contributed by atoms with Gasteiger partial charge in [0.15, 0.2) is 0 Å². The first-order chi connectivity index (χ1) is 14.0. The Morgan fingerprint density at radius 1 is 1.10 bits per heavy atom. The lowest BCUT2D eigenvalue weighted by atomic mass is 9.98. The molecule has 7 heteroatoms. The van der Waals surface area contributed by atoms with E-state index in [4.69, 9.17) is 11.6 Å². The number of hydrogen-bond donors (Lipinski definition) is 1. The molecule has 0 saturated carbocycles. The number of rotatable bonds is 5. The maximum Gasteiger partial charge on any atom is 0.225 e. The van der Waals surface area contributed by atoms with E-state index in [-0.39, 0.29) is 6.61 Å². The third kappa shape index (κ3) is 3.99. The Labute approximate surface area is 181 Å². The second kappa shape index (κ2) is 8.56. The molecule has 0 radical (unpaired) electrons. The number of anilines is 1. The van der Waals surface area contributed by atoms with Gasteiger partial charge in [-0.2, -0.15) is 4.98 Å². The van der Waals surface area contributed by atoms with Crippen LogP contribution in [0.25, 0.3) is 21.3 Å². The van der Waals surface area contributed by atoms with Crippen molar-refractivity contribution in [2.45, 2.75) is 27.2 Å². The van der Waals surface area contributed by atoms with E-state index in [0.29, 0.717) is 5.28 Å². The van der Waals surface area contributed by atoms with Gasteiger partial charge in [-0.1, -0.05) is 25.1 Å². The van der Waals surface area contributed by atoms with E-state index < -0.39 is 0 Å². The summed E-state index contributed by atoms with van der Waals surface area (Å²) in [7, 11) is 0. The number of aliphatic hydroxyl groups excluding tert-OH is 1.